The number of benzene rings is 6. The zero-order valence-corrected chi connectivity index (χ0v) is 26.0. The Bertz CT molecular complexity index is 1290. The van der Waals surface area contributed by atoms with Crippen molar-refractivity contribution in [3.8, 4) is 0 Å². The van der Waals surface area contributed by atoms with Gasteiger partial charge in [0.15, 0.2) is 0 Å². The van der Waals surface area contributed by atoms with Crippen molar-refractivity contribution in [2.45, 2.75) is 0 Å². The summed E-state index contributed by atoms with van der Waals surface area (Å²) in [6.07, 6.45) is 0. The zero-order chi connectivity index (χ0) is 29.4. The molecule has 0 fully saturated rings. The van der Waals surface area contributed by atoms with E-state index in [2.05, 4.69) is 182 Å². The van der Waals surface area contributed by atoms with Gasteiger partial charge in [0.25, 0.3) is 0 Å². The predicted molar refractivity (Wildman–Crippen MR) is 181 cm³/mol. The van der Waals surface area contributed by atoms with Crippen LogP contribution in [0.4, 0.5) is 0 Å². The van der Waals surface area contributed by atoms with E-state index in [4.69, 9.17) is 15.3 Å². The minimum atomic E-state index is -1.75. The number of hydrogen-bond acceptors (Lipinski definition) is 3. The van der Waals surface area contributed by atoms with Crippen LogP contribution < -0.4 is 31.8 Å². The first-order chi connectivity index (χ1) is 20.6. The van der Waals surface area contributed by atoms with Crippen molar-refractivity contribution >= 4 is 47.7 Å². The molecule has 0 atom stereocenters. The first kappa shape index (κ1) is 33.4. The second-order valence-electron chi connectivity index (χ2n) is 8.91. The van der Waals surface area contributed by atoms with E-state index < -0.39 is 20.9 Å². The van der Waals surface area contributed by atoms with E-state index in [1.807, 2.05) is 0 Å². The molecule has 0 radical (unpaired) electrons. The molecule has 0 aliphatic carbocycles. The summed E-state index contributed by atoms with van der Waals surface area (Å²) in [5.74, 6) is 0. The summed E-state index contributed by atoms with van der Waals surface area (Å²) >= 11 is 0. The van der Waals surface area contributed by atoms with Crippen LogP contribution in [-0.4, -0.2) is 5.09 Å². The van der Waals surface area contributed by atoms with Crippen LogP contribution in [0.15, 0.2) is 182 Å². The summed E-state index contributed by atoms with van der Waals surface area (Å²) in [5.41, 5.74) is 0. The van der Waals surface area contributed by atoms with Gasteiger partial charge in [-0.05, 0) is 47.7 Å². The first-order valence-electron chi connectivity index (χ1n) is 13.4. The molecule has 216 valence electrons. The van der Waals surface area contributed by atoms with Crippen molar-refractivity contribution in [2.24, 2.45) is 0 Å². The fraction of sp³-hybridized carbons (Fsp3) is 0. The largest absolute Gasteiger partial charge is 2.00 e. The average Bonchev–Trinajstić information content (AvgIpc) is 3.05. The van der Waals surface area contributed by atoms with Crippen LogP contribution in [0, 0.1) is 15.3 Å². The van der Waals surface area contributed by atoms with Gasteiger partial charge in [-0.2, -0.15) is 0 Å². The van der Waals surface area contributed by atoms with E-state index >= 15 is 0 Å². The minimum absolute atomic E-state index is 0. The van der Waals surface area contributed by atoms with Gasteiger partial charge in [-0.25, -0.2) is 0 Å². The van der Waals surface area contributed by atoms with Gasteiger partial charge in [0.2, 0.25) is 0 Å². The van der Waals surface area contributed by atoms with Crippen LogP contribution >= 0.6 is 15.8 Å². The van der Waals surface area contributed by atoms with Gasteiger partial charge in [-0.15, -0.1) is 0 Å². The summed E-state index contributed by atoms with van der Waals surface area (Å²) in [6.45, 7) is 0. The molecule has 0 amide bonds. The molecule has 43 heavy (non-hydrogen) atoms. The van der Waals surface area contributed by atoms with Crippen molar-refractivity contribution in [3.63, 3.8) is 0 Å². The van der Waals surface area contributed by atoms with E-state index in [0.717, 1.165) is 0 Å². The van der Waals surface area contributed by atoms with Crippen LogP contribution in [0.5, 0.6) is 0 Å². The van der Waals surface area contributed by atoms with Gasteiger partial charge in [-0.1, -0.05) is 182 Å². The molecule has 0 aliphatic rings. The van der Waals surface area contributed by atoms with Crippen LogP contribution in [0.3, 0.4) is 0 Å². The molecule has 6 rings (SSSR count). The normalized spacial score (nSPS) is 9.91. The standard InChI is InChI=1S/2C18H15P.NO3.Ni/c2*1-4-10-16(11-5-1)19(17-12-6-2-7-13-17)18-14-8-3-9-15-18;2-1(3)4;/h2*1-15H;;/q;;-1;+2. The maximum Gasteiger partial charge on any atom is 2.00 e. The predicted octanol–water partition coefficient (Wildman–Crippen LogP) is 6.65. The summed E-state index contributed by atoms with van der Waals surface area (Å²) in [5, 5.41) is 23.1. The summed E-state index contributed by atoms with van der Waals surface area (Å²) < 4.78 is 0. The minimum Gasteiger partial charge on any atom is -0.356 e. The molecule has 0 saturated heterocycles. The molecule has 0 aromatic heterocycles. The smallest absolute Gasteiger partial charge is 0.356 e. The molecule has 0 unspecified atom stereocenters. The van der Waals surface area contributed by atoms with Crippen LogP contribution in [0.25, 0.3) is 0 Å². The fourth-order valence-electron chi connectivity index (χ4n) is 4.36. The molecule has 0 N–H and O–H groups in total. The summed E-state index contributed by atoms with van der Waals surface area (Å²) in [4.78, 5) is 8.25. The van der Waals surface area contributed by atoms with Gasteiger partial charge in [-0.3, -0.25) is 0 Å². The van der Waals surface area contributed by atoms with E-state index in [1.54, 1.807) is 0 Å². The van der Waals surface area contributed by atoms with E-state index in [-0.39, 0.29) is 16.5 Å². The SMILES string of the molecule is O=[N+]([O-])[O-].[Ni+2].c1ccc(P(c2ccccc2)c2ccccc2)cc1.c1ccc(P(c2ccccc2)c2ccccc2)cc1. The van der Waals surface area contributed by atoms with E-state index in [0.29, 0.717) is 0 Å². The van der Waals surface area contributed by atoms with Crippen molar-refractivity contribution < 1.29 is 21.6 Å². The third-order valence-electron chi connectivity index (χ3n) is 6.09. The molecule has 0 bridgehead atoms. The number of nitrogens with zero attached hydrogens (tertiary/aromatic N) is 1. The molecular weight excluding hydrogens is 615 g/mol. The van der Waals surface area contributed by atoms with Crippen molar-refractivity contribution in [1.82, 2.24) is 0 Å². The molecule has 4 nitrogen and oxygen atoms in total. The van der Waals surface area contributed by atoms with Crippen molar-refractivity contribution in [1.29, 1.82) is 0 Å². The Morgan fingerprint density at radius 2 is 0.442 bits per heavy atom. The third-order valence-corrected chi connectivity index (χ3v) is 11.0. The molecule has 0 saturated carbocycles. The quantitative estimate of drug-likeness (QED) is 0.0883. The Kier molecular flexibility index (Phi) is 14.3. The topological polar surface area (TPSA) is 66.2 Å². The maximum atomic E-state index is 8.25. The Hall–Kier alpha value is -4.13. The Morgan fingerprint density at radius 1 is 0.326 bits per heavy atom. The Labute approximate surface area is 265 Å². The second-order valence-corrected chi connectivity index (χ2v) is 13.3. The van der Waals surface area contributed by atoms with Crippen LogP contribution in [0.1, 0.15) is 0 Å². The molecule has 0 aliphatic heterocycles. The summed E-state index contributed by atoms with van der Waals surface area (Å²) in [7, 11) is -0.892. The third kappa shape index (κ3) is 10.6. The fourth-order valence-corrected chi connectivity index (χ4v) is 8.97. The number of hydrogen-bond donors (Lipinski definition) is 0. The molecule has 6 aromatic rings. The Balaban J connectivity index is 0.000000206. The molecule has 6 aromatic carbocycles. The van der Waals surface area contributed by atoms with Gasteiger partial charge in [0.1, 0.15) is 0 Å². The zero-order valence-electron chi connectivity index (χ0n) is 23.2. The molecule has 0 heterocycles. The monoisotopic (exact) mass is 644 g/mol. The summed E-state index contributed by atoms with van der Waals surface area (Å²) in [6, 6.07) is 64.7. The van der Waals surface area contributed by atoms with Crippen LogP contribution in [0.2, 0.25) is 0 Å². The number of rotatable bonds is 6. The van der Waals surface area contributed by atoms with Gasteiger partial charge in [0.05, 0.1) is 5.09 Å². The Morgan fingerprint density at radius 3 is 0.558 bits per heavy atom. The van der Waals surface area contributed by atoms with E-state index in [9.17, 15) is 0 Å². The molecular formula is C36H30NNiO3P2+. The molecule has 7 heteroatoms. The van der Waals surface area contributed by atoms with Crippen molar-refractivity contribution in [3.05, 3.63) is 197 Å². The average molecular weight is 645 g/mol. The van der Waals surface area contributed by atoms with Gasteiger partial charge >= 0.3 is 16.5 Å². The van der Waals surface area contributed by atoms with Gasteiger partial charge in [0, 0.05) is 0 Å². The van der Waals surface area contributed by atoms with Crippen molar-refractivity contribution in [2.75, 3.05) is 0 Å². The van der Waals surface area contributed by atoms with Crippen LogP contribution in [-0.2, 0) is 16.5 Å². The van der Waals surface area contributed by atoms with Gasteiger partial charge < -0.3 is 15.3 Å². The second kappa shape index (κ2) is 18.4. The molecule has 0 spiro atoms. The van der Waals surface area contributed by atoms with E-state index in [1.165, 1.54) is 31.8 Å². The maximum absolute atomic E-state index is 8.25. The first-order valence-corrected chi connectivity index (χ1v) is 16.0.